The molecule has 6 heteroatoms. The van der Waals surface area contributed by atoms with Crippen LogP contribution in [0, 0.1) is 0 Å². The van der Waals surface area contributed by atoms with Crippen LogP contribution >= 0.6 is 11.3 Å². The lowest BCUT2D eigenvalue weighted by molar-refractivity contribution is -0.115. The normalized spacial score (nSPS) is 21.0. The molecule has 0 aromatic carbocycles. The molecule has 3 rings (SSSR count). The first-order valence-electron chi connectivity index (χ1n) is 9.94. The molecule has 0 spiro atoms. The molecule has 1 N–H and O–H groups in total. The van der Waals surface area contributed by atoms with Crippen molar-refractivity contribution in [3.05, 3.63) is 28.8 Å². The van der Waals surface area contributed by atoms with Crippen LogP contribution in [0.25, 0.3) is 0 Å². The molecule has 0 radical (unpaired) electrons. The molecular formula is C20H30N4OS. The Labute approximate surface area is 160 Å². The van der Waals surface area contributed by atoms with Gasteiger partial charge < -0.3 is 5.32 Å². The number of nitrogens with zero attached hydrogens (tertiary/aromatic N) is 3. The zero-order valence-electron chi connectivity index (χ0n) is 15.9. The van der Waals surface area contributed by atoms with Gasteiger partial charge in [-0.05, 0) is 37.9 Å². The van der Waals surface area contributed by atoms with Gasteiger partial charge in [-0.25, -0.2) is 0 Å². The molecule has 1 aromatic heterocycles. The Bertz CT molecular complexity index is 657. The fourth-order valence-electron chi connectivity index (χ4n) is 3.94. The van der Waals surface area contributed by atoms with E-state index >= 15 is 0 Å². The molecule has 1 saturated carbocycles. The molecule has 1 aromatic rings. The predicted molar refractivity (Wildman–Crippen MR) is 108 cm³/mol. The van der Waals surface area contributed by atoms with Crippen LogP contribution in [0.1, 0.15) is 69.7 Å². The van der Waals surface area contributed by atoms with Gasteiger partial charge in [-0.2, -0.15) is 0 Å². The van der Waals surface area contributed by atoms with E-state index in [0.29, 0.717) is 23.5 Å². The molecule has 1 unspecified atom stereocenters. The smallest absolute Gasteiger partial charge is 0.230 e. The number of hydrogen-bond donors (Lipinski definition) is 1. The average Bonchev–Trinajstić information content (AvgIpc) is 3.12. The second kappa shape index (κ2) is 9.42. The third kappa shape index (κ3) is 5.01. The van der Waals surface area contributed by atoms with Crippen LogP contribution in [0.3, 0.4) is 0 Å². The van der Waals surface area contributed by atoms with E-state index < -0.39 is 0 Å². The Morgan fingerprint density at radius 3 is 2.73 bits per heavy atom. The lowest BCUT2D eigenvalue weighted by atomic mass is 9.90. The Balaban J connectivity index is 1.55. The summed E-state index contributed by atoms with van der Waals surface area (Å²) in [6, 6.07) is 0.400. The fraction of sp³-hybridized carbons (Fsp3) is 0.650. The maximum Gasteiger partial charge on any atom is 0.230 e. The Hall–Kier alpha value is -1.53. The monoisotopic (exact) mass is 374 g/mol. The highest BCUT2D eigenvalue weighted by Gasteiger charge is 2.21. The number of hydrogen-bond acceptors (Lipinski definition) is 5. The number of rotatable bonds is 7. The number of allylic oxidation sites excluding steroid dienone is 1. The summed E-state index contributed by atoms with van der Waals surface area (Å²) < 4.78 is 0. The van der Waals surface area contributed by atoms with Crippen molar-refractivity contribution < 1.29 is 4.79 Å². The maximum absolute atomic E-state index is 12.4. The topological polar surface area (TPSA) is 58.1 Å². The molecule has 1 heterocycles. The summed E-state index contributed by atoms with van der Waals surface area (Å²) in [5, 5.41) is 13.2. The van der Waals surface area contributed by atoms with Crippen molar-refractivity contribution in [2.24, 2.45) is 0 Å². The highest BCUT2D eigenvalue weighted by Crippen LogP contribution is 2.35. The zero-order valence-corrected chi connectivity index (χ0v) is 16.7. The van der Waals surface area contributed by atoms with Crippen molar-refractivity contribution in [3.8, 4) is 0 Å². The van der Waals surface area contributed by atoms with Crippen molar-refractivity contribution in [1.82, 2.24) is 15.1 Å². The minimum Gasteiger partial charge on any atom is -0.300 e. The highest BCUT2D eigenvalue weighted by atomic mass is 32.1. The SMILES string of the molecule is CCN(CC)C1C=C(CC(=O)Nc2nnc(C3CCCCC3)s2)C=CC1. The summed E-state index contributed by atoms with van der Waals surface area (Å²) in [6.45, 7) is 6.42. The van der Waals surface area contributed by atoms with E-state index in [0.717, 1.165) is 30.1 Å². The first-order chi connectivity index (χ1) is 12.7. The maximum atomic E-state index is 12.4. The van der Waals surface area contributed by atoms with Gasteiger partial charge in [0.05, 0.1) is 6.42 Å². The molecule has 26 heavy (non-hydrogen) atoms. The first-order valence-corrected chi connectivity index (χ1v) is 10.8. The lowest BCUT2D eigenvalue weighted by Gasteiger charge is -2.28. The van der Waals surface area contributed by atoms with Crippen molar-refractivity contribution in [3.63, 3.8) is 0 Å². The Morgan fingerprint density at radius 2 is 2.00 bits per heavy atom. The van der Waals surface area contributed by atoms with Gasteiger partial charge in [0.2, 0.25) is 11.0 Å². The molecule has 1 fully saturated rings. The van der Waals surface area contributed by atoms with Crippen molar-refractivity contribution in [2.75, 3.05) is 18.4 Å². The molecule has 1 atom stereocenters. The summed E-state index contributed by atoms with van der Waals surface area (Å²) >= 11 is 1.54. The van der Waals surface area contributed by atoms with Gasteiger partial charge in [0.15, 0.2) is 0 Å². The third-order valence-electron chi connectivity index (χ3n) is 5.40. The van der Waals surface area contributed by atoms with E-state index in [1.807, 2.05) is 0 Å². The van der Waals surface area contributed by atoms with Gasteiger partial charge >= 0.3 is 0 Å². The van der Waals surface area contributed by atoms with E-state index in [1.54, 1.807) is 11.3 Å². The number of anilines is 1. The molecule has 5 nitrogen and oxygen atoms in total. The van der Waals surface area contributed by atoms with Gasteiger partial charge in [-0.3, -0.25) is 9.69 Å². The number of aromatic nitrogens is 2. The van der Waals surface area contributed by atoms with E-state index in [4.69, 9.17) is 0 Å². The van der Waals surface area contributed by atoms with Gasteiger partial charge in [0, 0.05) is 12.0 Å². The van der Waals surface area contributed by atoms with Gasteiger partial charge in [0.1, 0.15) is 5.01 Å². The van der Waals surface area contributed by atoms with Crippen LogP contribution in [0.2, 0.25) is 0 Å². The number of likely N-dealkylation sites (N-methyl/N-ethyl adjacent to an activating group) is 1. The zero-order chi connectivity index (χ0) is 18.4. The summed E-state index contributed by atoms with van der Waals surface area (Å²) in [4.78, 5) is 14.8. The Morgan fingerprint density at radius 1 is 1.23 bits per heavy atom. The highest BCUT2D eigenvalue weighted by molar-refractivity contribution is 7.15. The first kappa shape index (κ1) is 19.2. The quantitative estimate of drug-likeness (QED) is 0.763. The number of amides is 1. The van der Waals surface area contributed by atoms with Crippen LogP contribution < -0.4 is 5.32 Å². The largest absolute Gasteiger partial charge is 0.300 e. The van der Waals surface area contributed by atoms with Crippen LogP contribution in [0.5, 0.6) is 0 Å². The summed E-state index contributed by atoms with van der Waals surface area (Å²) in [5.74, 6) is 0.526. The fourth-order valence-corrected chi connectivity index (χ4v) is 4.87. The predicted octanol–water partition coefficient (Wildman–Crippen LogP) is 4.51. The van der Waals surface area contributed by atoms with Crippen LogP contribution in [-0.4, -0.2) is 40.1 Å². The standard InChI is InChI=1S/C20H30N4OS/c1-3-24(4-2)17-12-8-9-15(13-17)14-18(25)21-20-23-22-19(26-20)16-10-6-5-7-11-16/h8-9,13,16-17H,3-7,10-12,14H2,1-2H3,(H,21,23,25). The summed E-state index contributed by atoms with van der Waals surface area (Å²) in [5.41, 5.74) is 1.09. The second-order valence-corrected chi connectivity index (χ2v) is 8.18. The van der Waals surface area contributed by atoms with Gasteiger partial charge in [-0.15, -0.1) is 10.2 Å². The van der Waals surface area contributed by atoms with E-state index in [2.05, 4.69) is 52.5 Å². The van der Waals surface area contributed by atoms with Crippen molar-refractivity contribution in [2.45, 2.75) is 70.8 Å². The molecule has 1 amide bonds. The number of carbonyl (C=O) groups excluding carboxylic acids is 1. The molecule has 0 saturated heterocycles. The van der Waals surface area contributed by atoms with Crippen LogP contribution in [0.4, 0.5) is 5.13 Å². The molecule has 2 aliphatic carbocycles. The molecule has 142 valence electrons. The number of carbonyl (C=O) groups is 1. The average molecular weight is 375 g/mol. The molecule has 0 aliphatic heterocycles. The minimum atomic E-state index is -0.00700. The van der Waals surface area contributed by atoms with E-state index in [9.17, 15) is 4.79 Å². The third-order valence-corrected chi connectivity index (χ3v) is 6.40. The minimum absolute atomic E-state index is 0.00700. The second-order valence-electron chi connectivity index (χ2n) is 7.17. The van der Waals surface area contributed by atoms with E-state index in [-0.39, 0.29) is 5.91 Å². The molecular weight excluding hydrogens is 344 g/mol. The lowest BCUT2D eigenvalue weighted by Crippen LogP contribution is -2.34. The molecule has 0 bridgehead atoms. The van der Waals surface area contributed by atoms with Gasteiger partial charge in [0.25, 0.3) is 0 Å². The Kier molecular flexibility index (Phi) is 6.97. The van der Waals surface area contributed by atoms with Crippen molar-refractivity contribution in [1.29, 1.82) is 0 Å². The van der Waals surface area contributed by atoms with E-state index in [1.165, 1.54) is 32.1 Å². The summed E-state index contributed by atoms with van der Waals surface area (Å²) in [7, 11) is 0. The van der Waals surface area contributed by atoms with Crippen LogP contribution in [0.15, 0.2) is 23.8 Å². The summed E-state index contributed by atoms with van der Waals surface area (Å²) in [6.07, 6.45) is 14.2. The van der Waals surface area contributed by atoms with Crippen LogP contribution in [-0.2, 0) is 4.79 Å². The van der Waals surface area contributed by atoms with Crippen molar-refractivity contribution >= 4 is 22.4 Å². The molecule has 2 aliphatic rings. The number of nitrogens with one attached hydrogen (secondary N) is 1. The van der Waals surface area contributed by atoms with Gasteiger partial charge in [-0.1, -0.05) is 62.7 Å².